The minimum Gasteiger partial charge on any atom is -0.381 e. The van der Waals surface area contributed by atoms with Crippen LogP contribution in [0.15, 0.2) is 40.9 Å². The summed E-state index contributed by atoms with van der Waals surface area (Å²) in [5, 5.41) is 6.04. The monoisotopic (exact) mass is 346 g/mol. The number of benzene rings is 2. The van der Waals surface area contributed by atoms with Gasteiger partial charge in [-0.1, -0.05) is 28.1 Å². The van der Waals surface area contributed by atoms with Gasteiger partial charge in [0.05, 0.1) is 0 Å². The number of hydrogen-bond acceptors (Lipinski definition) is 2. The van der Waals surface area contributed by atoms with Crippen LogP contribution in [0.1, 0.15) is 27.0 Å². The van der Waals surface area contributed by atoms with Crippen molar-refractivity contribution in [1.82, 2.24) is 5.32 Å². The zero-order valence-corrected chi connectivity index (χ0v) is 14.0. The molecule has 3 nitrogen and oxygen atoms in total. The third kappa shape index (κ3) is 3.85. The highest BCUT2D eigenvalue weighted by atomic mass is 79.9. The molecule has 0 aromatic heterocycles. The van der Waals surface area contributed by atoms with Gasteiger partial charge in [0.2, 0.25) is 0 Å². The largest absolute Gasteiger partial charge is 0.381 e. The van der Waals surface area contributed by atoms with Gasteiger partial charge in [-0.25, -0.2) is 0 Å². The van der Waals surface area contributed by atoms with Gasteiger partial charge in [0.15, 0.2) is 0 Å². The van der Waals surface area contributed by atoms with Gasteiger partial charge in [-0.15, -0.1) is 0 Å². The predicted molar refractivity (Wildman–Crippen MR) is 90.8 cm³/mol. The van der Waals surface area contributed by atoms with E-state index in [2.05, 4.69) is 51.7 Å². The first kappa shape index (κ1) is 15.6. The van der Waals surface area contributed by atoms with E-state index in [4.69, 9.17) is 0 Å². The summed E-state index contributed by atoms with van der Waals surface area (Å²) < 4.78 is 1.11. The smallest absolute Gasteiger partial charge is 0.251 e. The van der Waals surface area contributed by atoms with Crippen molar-refractivity contribution in [3.8, 4) is 0 Å². The SMILES string of the molecule is CNC(=O)c1ccc(NCc2ccc(C)cc2Br)c(C)c1. The highest BCUT2D eigenvalue weighted by Gasteiger charge is 2.06. The molecule has 0 aliphatic carbocycles. The molecular weight excluding hydrogens is 328 g/mol. The van der Waals surface area contributed by atoms with E-state index in [9.17, 15) is 4.79 Å². The third-order valence-electron chi connectivity index (χ3n) is 3.39. The molecule has 0 saturated carbocycles. The lowest BCUT2D eigenvalue weighted by Crippen LogP contribution is -2.17. The molecule has 0 spiro atoms. The molecule has 2 aromatic rings. The first-order valence-electron chi connectivity index (χ1n) is 6.83. The summed E-state index contributed by atoms with van der Waals surface area (Å²) in [7, 11) is 1.64. The lowest BCUT2D eigenvalue weighted by Gasteiger charge is -2.12. The Balaban J connectivity index is 2.11. The van der Waals surface area contributed by atoms with E-state index in [1.54, 1.807) is 7.05 Å². The molecule has 2 N–H and O–H groups in total. The van der Waals surface area contributed by atoms with E-state index in [0.29, 0.717) is 5.56 Å². The van der Waals surface area contributed by atoms with E-state index < -0.39 is 0 Å². The molecule has 2 aromatic carbocycles. The van der Waals surface area contributed by atoms with Crippen molar-refractivity contribution in [2.75, 3.05) is 12.4 Å². The van der Waals surface area contributed by atoms with E-state index >= 15 is 0 Å². The minimum atomic E-state index is -0.0640. The molecule has 0 aliphatic heterocycles. The van der Waals surface area contributed by atoms with Crippen molar-refractivity contribution in [3.05, 3.63) is 63.1 Å². The number of halogens is 1. The van der Waals surface area contributed by atoms with Gasteiger partial charge in [-0.2, -0.15) is 0 Å². The Kier molecular flexibility index (Phi) is 5.02. The van der Waals surface area contributed by atoms with Crippen molar-refractivity contribution in [2.45, 2.75) is 20.4 Å². The fourth-order valence-corrected chi connectivity index (χ4v) is 2.77. The number of carbonyl (C=O) groups excluding carboxylic acids is 1. The summed E-state index contributed by atoms with van der Waals surface area (Å²) in [6.45, 7) is 4.81. The van der Waals surface area contributed by atoms with Crippen LogP contribution < -0.4 is 10.6 Å². The zero-order chi connectivity index (χ0) is 15.4. The van der Waals surface area contributed by atoms with Crippen LogP contribution in [0, 0.1) is 13.8 Å². The van der Waals surface area contributed by atoms with Crippen LogP contribution in [0.3, 0.4) is 0 Å². The standard InChI is InChI=1S/C17H19BrN2O/c1-11-4-5-14(15(18)8-11)10-20-16-7-6-13(9-12(16)2)17(21)19-3/h4-9,20H,10H2,1-3H3,(H,19,21). The lowest BCUT2D eigenvalue weighted by atomic mass is 10.1. The maximum absolute atomic E-state index is 11.6. The molecule has 0 saturated heterocycles. The molecule has 0 fully saturated rings. The average molecular weight is 347 g/mol. The van der Waals surface area contributed by atoms with Crippen molar-refractivity contribution >= 4 is 27.5 Å². The molecular formula is C17H19BrN2O. The van der Waals surface area contributed by atoms with Crippen LogP contribution in [0.4, 0.5) is 5.69 Å². The summed E-state index contributed by atoms with van der Waals surface area (Å²) in [6.07, 6.45) is 0. The van der Waals surface area contributed by atoms with Crippen LogP contribution >= 0.6 is 15.9 Å². The number of anilines is 1. The fraction of sp³-hybridized carbons (Fsp3) is 0.235. The van der Waals surface area contributed by atoms with Gasteiger partial charge in [-0.3, -0.25) is 4.79 Å². The highest BCUT2D eigenvalue weighted by Crippen LogP contribution is 2.22. The fourth-order valence-electron chi connectivity index (χ4n) is 2.13. The van der Waals surface area contributed by atoms with E-state index in [1.165, 1.54) is 11.1 Å². The van der Waals surface area contributed by atoms with Gasteiger partial charge in [-0.05, 0) is 54.8 Å². The Morgan fingerprint density at radius 1 is 1.14 bits per heavy atom. The van der Waals surface area contributed by atoms with Crippen molar-refractivity contribution in [3.63, 3.8) is 0 Å². The predicted octanol–water partition coefficient (Wildman–Crippen LogP) is 4.04. The second-order valence-corrected chi connectivity index (χ2v) is 5.91. The Hall–Kier alpha value is -1.81. The van der Waals surface area contributed by atoms with Gasteiger partial charge in [0.25, 0.3) is 5.91 Å². The first-order chi connectivity index (χ1) is 10.0. The highest BCUT2D eigenvalue weighted by molar-refractivity contribution is 9.10. The maximum Gasteiger partial charge on any atom is 0.251 e. The number of hydrogen-bond donors (Lipinski definition) is 2. The summed E-state index contributed by atoms with van der Waals surface area (Å²) in [5.74, 6) is -0.0640. The molecule has 0 bridgehead atoms. The van der Waals surface area contributed by atoms with Crippen molar-refractivity contribution in [2.24, 2.45) is 0 Å². The van der Waals surface area contributed by atoms with Crippen LogP contribution in [0.2, 0.25) is 0 Å². The Morgan fingerprint density at radius 2 is 1.90 bits per heavy atom. The third-order valence-corrected chi connectivity index (χ3v) is 4.13. The summed E-state index contributed by atoms with van der Waals surface area (Å²) in [4.78, 5) is 11.6. The molecule has 2 rings (SSSR count). The Morgan fingerprint density at radius 3 is 2.52 bits per heavy atom. The minimum absolute atomic E-state index is 0.0640. The molecule has 0 unspecified atom stereocenters. The van der Waals surface area contributed by atoms with Gasteiger partial charge in [0.1, 0.15) is 0 Å². The lowest BCUT2D eigenvalue weighted by molar-refractivity contribution is 0.0963. The van der Waals surface area contributed by atoms with E-state index in [1.807, 2.05) is 25.1 Å². The topological polar surface area (TPSA) is 41.1 Å². The molecule has 4 heteroatoms. The van der Waals surface area contributed by atoms with Crippen molar-refractivity contribution in [1.29, 1.82) is 0 Å². The van der Waals surface area contributed by atoms with E-state index in [0.717, 1.165) is 22.3 Å². The van der Waals surface area contributed by atoms with Crippen LogP contribution in [0.5, 0.6) is 0 Å². The summed E-state index contributed by atoms with van der Waals surface area (Å²) in [6, 6.07) is 12.0. The molecule has 0 heterocycles. The molecule has 0 atom stereocenters. The molecule has 0 radical (unpaired) electrons. The summed E-state index contributed by atoms with van der Waals surface area (Å²) >= 11 is 3.59. The van der Waals surface area contributed by atoms with Gasteiger partial charge in [0, 0.05) is 29.3 Å². The van der Waals surface area contributed by atoms with Crippen LogP contribution in [-0.2, 0) is 6.54 Å². The number of rotatable bonds is 4. The second kappa shape index (κ2) is 6.76. The number of aryl methyl sites for hydroxylation is 2. The molecule has 0 aliphatic rings. The Bertz CT molecular complexity index is 668. The zero-order valence-electron chi connectivity index (χ0n) is 12.5. The van der Waals surface area contributed by atoms with Crippen LogP contribution in [-0.4, -0.2) is 13.0 Å². The van der Waals surface area contributed by atoms with Crippen LogP contribution in [0.25, 0.3) is 0 Å². The normalized spacial score (nSPS) is 10.3. The van der Waals surface area contributed by atoms with Gasteiger partial charge >= 0.3 is 0 Å². The molecule has 1 amide bonds. The number of nitrogens with one attached hydrogen (secondary N) is 2. The quantitative estimate of drug-likeness (QED) is 0.877. The summed E-state index contributed by atoms with van der Waals surface area (Å²) in [5.41, 5.74) is 5.21. The molecule has 110 valence electrons. The second-order valence-electron chi connectivity index (χ2n) is 5.06. The number of amides is 1. The first-order valence-corrected chi connectivity index (χ1v) is 7.62. The van der Waals surface area contributed by atoms with E-state index in [-0.39, 0.29) is 5.91 Å². The average Bonchev–Trinajstić information content (AvgIpc) is 2.46. The maximum atomic E-state index is 11.6. The molecule has 21 heavy (non-hydrogen) atoms. The number of carbonyl (C=O) groups is 1. The van der Waals surface area contributed by atoms with Crippen molar-refractivity contribution < 1.29 is 4.79 Å². The Labute approximate surface area is 133 Å². The van der Waals surface area contributed by atoms with Gasteiger partial charge < -0.3 is 10.6 Å².